The van der Waals surface area contributed by atoms with Crippen LogP contribution in [-0.2, 0) is 6.42 Å². The summed E-state index contributed by atoms with van der Waals surface area (Å²) in [5.74, 6) is 1.62. The second kappa shape index (κ2) is 5.36. The summed E-state index contributed by atoms with van der Waals surface area (Å²) in [4.78, 5) is 9.14. The molecule has 0 radical (unpaired) electrons. The largest absolute Gasteiger partial charge is 0.373 e. The van der Waals surface area contributed by atoms with Crippen molar-refractivity contribution < 1.29 is 0 Å². The van der Waals surface area contributed by atoms with E-state index in [0.717, 1.165) is 39.9 Å². The van der Waals surface area contributed by atoms with E-state index >= 15 is 0 Å². The van der Waals surface area contributed by atoms with Crippen LogP contribution in [-0.4, -0.2) is 17.0 Å². The van der Waals surface area contributed by atoms with E-state index in [4.69, 9.17) is 11.6 Å². The summed E-state index contributed by atoms with van der Waals surface area (Å²) in [5, 5.41) is 3.83. The van der Waals surface area contributed by atoms with Crippen LogP contribution in [0.2, 0.25) is 5.02 Å². The van der Waals surface area contributed by atoms with Crippen molar-refractivity contribution in [2.75, 3.05) is 12.4 Å². The number of nitrogens with zero attached hydrogens (tertiary/aromatic N) is 2. The zero-order chi connectivity index (χ0) is 13.1. The average molecular weight is 262 g/mol. The molecule has 4 heteroatoms. The van der Waals surface area contributed by atoms with Gasteiger partial charge in [0.2, 0.25) is 0 Å². The van der Waals surface area contributed by atoms with E-state index in [1.807, 2.05) is 38.2 Å². The first-order valence-corrected chi connectivity index (χ1v) is 6.34. The summed E-state index contributed by atoms with van der Waals surface area (Å²) in [6.45, 7) is 4.14. The van der Waals surface area contributed by atoms with Crippen LogP contribution in [0.25, 0.3) is 11.4 Å². The van der Waals surface area contributed by atoms with Crippen LogP contribution >= 0.6 is 11.6 Å². The molecule has 0 saturated heterocycles. The minimum absolute atomic E-state index is 0.718. The van der Waals surface area contributed by atoms with Gasteiger partial charge in [0.1, 0.15) is 5.82 Å². The summed E-state index contributed by atoms with van der Waals surface area (Å²) >= 11 is 5.89. The van der Waals surface area contributed by atoms with Crippen molar-refractivity contribution in [3.63, 3.8) is 0 Å². The minimum Gasteiger partial charge on any atom is -0.373 e. The molecular weight excluding hydrogens is 246 g/mol. The molecule has 1 N–H and O–H groups in total. The van der Waals surface area contributed by atoms with Gasteiger partial charge in [0, 0.05) is 28.9 Å². The van der Waals surface area contributed by atoms with Gasteiger partial charge >= 0.3 is 0 Å². The maximum Gasteiger partial charge on any atom is 0.161 e. The van der Waals surface area contributed by atoms with Crippen molar-refractivity contribution in [2.24, 2.45) is 0 Å². The Morgan fingerprint density at radius 3 is 2.39 bits per heavy atom. The number of rotatable bonds is 3. The highest BCUT2D eigenvalue weighted by atomic mass is 35.5. The molecule has 18 heavy (non-hydrogen) atoms. The molecule has 0 bridgehead atoms. The van der Waals surface area contributed by atoms with Crippen LogP contribution in [0.3, 0.4) is 0 Å². The lowest BCUT2D eigenvalue weighted by Gasteiger charge is -2.11. The van der Waals surface area contributed by atoms with Crippen LogP contribution in [0, 0.1) is 6.92 Å². The molecule has 1 aromatic heterocycles. The first-order valence-electron chi connectivity index (χ1n) is 5.97. The normalized spacial score (nSPS) is 10.4. The number of hydrogen-bond donors (Lipinski definition) is 1. The first-order chi connectivity index (χ1) is 8.65. The fourth-order valence-electron chi connectivity index (χ4n) is 1.88. The molecule has 0 aliphatic rings. The van der Waals surface area contributed by atoms with E-state index in [9.17, 15) is 0 Å². The lowest BCUT2D eigenvalue weighted by Crippen LogP contribution is -2.04. The van der Waals surface area contributed by atoms with E-state index in [-0.39, 0.29) is 0 Å². The van der Waals surface area contributed by atoms with Gasteiger partial charge in [-0.25, -0.2) is 9.97 Å². The Hall–Kier alpha value is -1.61. The van der Waals surface area contributed by atoms with E-state index < -0.39 is 0 Å². The number of anilines is 1. The second-order valence-electron chi connectivity index (χ2n) is 4.08. The summed E-state index contributed by atoms with van der Waals surface area (Å²) in [7, 11) is 1.88. The number of benzene rings is 1. The number of aromatic nitrogens is 2. The molecule has 0 saturated carbocycles. The lowest BCUT2D eigenvalue weighted by atomic mass is 10.1. The van der Waals surface area contributed by atoms with Gasteiger partial charge in [-0.3, -0.25) is 0 Å². The summed E-state index contributed by atoms with van der Waals surface area (Å²) in [6.07, 6.45) is 0.892. The zero-order valence-corrected chi connectivity index (χ0v) is 11.5. The van der Waals surface area contributed by atoms with Gasteiger partial charge in [0.05, 0.1) is 0 Å². The topological polar surface area (TPSA) is 37.8 Å². The Kier molecular flexibility index (Phi) is 3.82. The Bertz CT molecular complexity index is 524. The highest BCUT2D eigenvalue weighted by Gasteiger charge is 2.10. The van der Waals surface area contributed by atoms with E-state index in [1.54, 1.807) is 0 Å². The Balaban J connectivity index is 2.54. The second-order valence-corrected chi connectivity index (χ2v) is 4.51. The SMILES string of the molecule is CCc1nc(-c2ccc(Cl)cc2)nc(NC)c1C. The molecule has 0 unspecified atom stereocenters. The molecule has 1 aromatic carbocycles. The van der Waals surface area contributed by atoms with Crippen molar-refractivity contribution in [1.29, 1.82) is 0 Å². The number of aryl methyl sites for hydroxylation is 1. The molecule has 0 spiro atoms. The van der Waals surface area contributed by atoms with Gasteiger partial charge in [0.25, 0.3) is 0 Å². The third-order valence-electron chi connectivity index (χ3n) is 2.92. The van der Waals surface area contributed by atoms with Crippen LogP contribution in [0.4, 0.5) is 5.82 Å². The van der Waals surface area contributed by atoms with Crippen LogP contribution in [0.5, 0.6) is 0 Å². The third kappa shape index (κ3) is 2.46. The van der Waals surface area contributed by atoms with Crippen LogP contribution < -0.4 is 5.32 Å². The summed E-state index contributed by atoms with van der Waals surface area (Å²) < 4.78 is 0. The van der Waals surface area contributed by atoms with E-state index in [0.29, 0.717) is 0 Å². The Morgan fingerprint density at radius 2 is 1.83 bits per heavy atom. The molecule has 0 aliphatic carbocycles. The van der Waals surface area contributed by atoms with Gasteiger partial charge in [-0.15, -0.1) is 0 Å². The maximum absolute atomic E-state index is 5.89. The molecule has 94 valence electrons. The van der Waals surface area contributed by atoms with Crippen molar-refractivity contribution in [3.8, 4) is 11.4 Å². The molecular formula is C14H16ClN3. The molecule has 2 rings (SSSR count). The minimum atomic E-state index is 0.718. The molecule has 2 aromatic rings. The van der Waals surface area contributed by atoms with Crippen molar-refractivity contribution >= 4 is 17.4 Å². The van der Waals surface area contributed by atoms with Gasteiger partial charge < -0.3 is 5.32 Å². The van der Waals surface area contributed by atoms with Crippen molar-refractivity contribution in [3.05, 3.63) is 40.5 Å². The number of hydrogen-bond acceptors (Lipinski definition) is 3. The Morgan fingerprint density at radius 1 is 1.17 bits per heavy atom. The van der Waals surface area contributed by atoms with Crippen LogP contribution in [0.1, 0.15) is 18.2 Å². The molecule has 0 amide bonds. The number of nitrogens with one attached hydrogen (secondary N) is 1. The van der Waals surface area contributed by atoms with Gasteiger partial charge in [-0.1, -0.05) is 18.5 Å². The maximum atomic E-state index is 5.89. The fourth-order valence-corrected chi connectivity index (χ4v) is 2.00. The van der Waals surface area contributed by atoms with Gasteiger partial charge in [-0.2, -0.15) is 0 Å². The van der Waals surface area contributed by atoms with Gasteiger partial charge in [-0.05, 0) is 37.6 Å². The molecule has 0 fully saturated rings. The highest BCUT2D eigenvalue weighted by molar-refractivity contribution is 6.30. The quantitative estimate of drug-likeness (QED) is 0.915. The van der Waals surface area contributed by atoms with Crippen molar-refractivity contribution in [2.45, 2.75) is 20.3 Å². The fraction of sp³-hybridized carbons (Fsp3) is 0.286. The smallest absolute Gasteiger partial charge is 0.161 e. The molecule has 1 heterocycles. The Labute approximate surface area is 112 Å². The predicted molar refractivity (Wildman–Crippen MR) is 76.1 cm³/mol. The highest BCUT2D eigenvalue weighted by Crippen LogP contribution is 2.23. The first kappa shape index (κ1) is 12.8. The zero-order valence-electron chi connectivity index (χ0n) is 10.8. The standard InChI is InChI=1S/C14H16ClN3/c1-4-12-9(2)13(16-3)18-14(17-12)10-5-7-11(15)8-6-10/h5-8H,4H2,1-3H3,(H,16,17,18). The van der Waals surface area contributed by atoms with Crippen LogP contribution in [0.15, 0.2) is 24.3 Å². The third-order valence-corrected chi connectivity index (χ3v) is 3.17. The average Bonchev–Trinajstić information content (AvgIpc) is 2.40. The summed E-state index contributed by atoms with van der Waals surface area (Å²) in [5.41, 5.74) is 3.16. The molecule has 0 atom stereocenters. The van der Waals surface area contributed by atoms with Crippen molar-refractivity contribution in [1.82, 2.24) is 9.97 Å². The monoisotopic (exact) mass is 261 g/mol. The predicted octanol–water partition coefficient (Wildman–Crippen LogP) is 3.71. The van der Waals surface area contributed by atoms with Gasteiger partial charge in [0.15, 0.2) is 5.82 Å². The molecule has 0 aliphatic heterocycles. The summed E-state index contributed by atoms with van der Waals surface area (Å²) in [6, 6.07) is 7.58. The molecule has 3 nitrogen and oxygen atoms in total. The van der Waals surface area contributed by atoms with E-state index in [2.05, 4.69) is 22.2 Å². The number of halogens is 1. The van der Waals surface area contributed by atoms with E-state index in [1.165, 1.54) is 0 Å². The lowest BCUT2D eigenvalue weighted by molar-refractivity contribution is 0.977.